The van der Waals surface area contributed by atoms with E-state index in [1.807, 2.05) is 0 Å². The Morgan fingerprint density at radius 3 is 1.86 bits per heavy atom. The van der Waals surface area contributed by atoms with E-state index in [-0.39, 0.29) is 53.4 Å². The normalized spacial score (nSPS) is 13.5. The van der Waals surface area contributed by atoms with Gasteiger partial charge >= 0.3 is 0 Å². The van der Waals surface area contributed by atoms with Gasteiger partial charge in [0, 0.05) is 26.2 Å². The van der Waals surface area contributed by atoms with Gasteiger partial charge in [-0.25, -0.2) is 21.8 Å². The van der Waals surface area contributed by atoms with Gasteiger partial charge in [-0.3, -0.25) is 0 Å². The molecule has 0 heterocycles. The second-order valence-corrected chi connectivity index (χ2v) is 10.1. The van der Waals surface area contributed by atoms with E-state index in [2.05, 4.69) is 4.99 Å². The van der Waals surface area contributed by atoms with Crippen LogP contribution in [0.15, 0.2) is 26.9 Å². The van der Waals surface area contributed by atoms with Crippen molar-refractivity contribution in [3.8, 4) is 0 Å². The molecule has 11 heteroatoms. The molecule has 0 spiro atoms. The van der Waals surface area contributed by atoms with Crippen molar-refractivity contribution in [2.24, 2.45) is 10.7 Å². The predicted octanol–water partition coefficient (Wildman–Crippen LogP) is 2.28. The van der Waals surface area contributed by atoms with Crippen LogP contribution in [0.1, 0.15) is 33.3 Å². The fourth-order valence-corrected chi connectivity index (χ4v) is 6.18. The van der Waals surface area contributed by atoms with Crippen LogP contribution in [0, 0.1) is 6.92 Å². The SMILES string of the molecule is CCN(CC)S(=O)(=O)c1cc(C)c(N=C(N)CCl)c(S(=O)(=O)N(CC)CC)c1. The van der Waals surface area contributed by atoms with Gasteiger partial charge in [0.1, 0.15) is 10.7 Å². The molecule has 0 bridgehead atoms. The van der Waals surface area contributed by atoms with E-state index in [9.17, 15) is 16.8 Å². The van der Waals surface area contributed by atoms with Crippen LogP contribution in [0.4, 0.5) is 5.69 Å². The van der Waals surface area contributed by atoms with Crippen molar-refractivity contribution in [1.29, 1.82) is 0 Å². The van der Waals surface area contributed by atoms with E-state index >= 15 is 0 Å². The maximum absolute atomic E-state index is 13.2. The number of halogens is 1. The van der Waals surface area contributed by atoms with Gasteiger partial charge < -0.3 is 5.73 Å². The molecule has 28 heavy (non-hydrogen) atoms. The van der Waals surface area contributed by atoms with Gasteiger partial charge in [-0.15, -0.1) is 11.6 Å². The summed E-state index contributed by atoms with van der Waals surface area (Å²) in [6.45, 7) is 9.48. The number of sulfonamides is 2. The fraction of sp³-hybridized carbons (Fsp3) is 0.588. The molecule has 0 radical (unpaired) electrons. The third-order valence-electron chi connectivity index (χ3n) is 4.30. The number of rotatable bonds is 10. The molecular weight excluding hydrogens is 424 g/mol. The first-order valence-corrected chi connectivity index (χ1v) is 12.5. The van der Waals surface area contributed by atoms with Gasteiger partial charge in [-0.2, -0.15) is 8.61 Å². The molecule has 1 aromatic rings. The summed E-state index contributed by atoms with van der Waals surface area (Å²) in [6, 6.07) is 2.57. The maximum atomic E-state index is 13.2. The standard InChI is InChI=1S/C17H29ClN4O4S2/c1-6-21(7-2)27(23,24)14-10-13(5)17(20-16(19)12-18)15(11-14)28(25,26)22(8-3)9-4/h10-11H,6-9,12H2,1-5H3,(H2,19,20). The van der Waals surface area contributed by atoms with Crippen LogP contribution in [0.2, 0.25) is 0 Å². The van der Waals surface area contributed by atoms with Gasteiger partial charge in [-0.1, -0.05) is 27.7 Å². The first-order chi connectivity index (χ1) is 13.0. The quantitative estimate of drug-likeness (QED) is 0.332. The summed E-state index contributed by atoms with van der Waals surface area (Å²) in [6.07, 6.45) is 0. The van der Waals surface area contributed by atoms with E-state index in [4.69, 9.17) is 17.3 Å². The summed E-state index contributed by atoms with van der Waals surface area (Å²) in [5.74, 6) is -0.0379. The minimum atomic E-state index is -3.99. The Balaban J connectivity index is 3.91. The molecule has 1 rings (SSSR count). The lowest BCUT2D eigenvalue weighted by molar-refractivity contribution is 0.443. The number of hydrogen-bond acceptors (Lipinski definition) is 5. The minimum absolute atomic E-state index is 0.0418. The number of aliphatic imine (C=N–C) groups is 1. The van der Waals surface area contributed by atoms with Crippen molar-refractivity contribution in [3.63, 3.8) is 0 Å². The number of amidine groups is 1. The van der Waals surface area contributed by atoms with Crippen molar-refractivity contribution < 1.29 is 16.8 Å². The Labute approximate surface area is 173 Å². The summed E-state index contributed by atoms with van der Waals surface area (Å²) >= 11 is 5.70. The van der Waals surface area contributed by atoms with E-state index < -0.39 is 20.0 Å². The largest absolute Gasteiger partial charge is 0.386 e. The smallest absolute Gasteiger partial charge is 0.245 e. The van der Waals surface area contributed by atoms with E-state index in [0.717, 1.165) is 6.07 Å². The highest BCUT2D eigenvalue weighted by atomic mass is 35.5. The molecule has 0 aliphatic rings. The zero-order chi connectivity index (χ0) is 21.7. The average molecular weight is 453 g/mol. The molecular formula is C17H29ClN4O4S2. The Bertz CT molecular complexity index is 923. The number of hydrogen-bond donors (Lipinski definition) is 1. The average Bonchev–Trinajstić information content (AvgIpc) is 2.64. The third kappa shape index (κ3) is 5.04. The Kier molecular flexibility index (Phi) is 8.89. The van der Waals surface area contributed by atoms with Crippen LogP contribution in [0.25, 0.3) is 0 Å². The molecule has 1 aromatic carbocycles. The van der Waals surface area contributed by atoms with Crippen LogP contribution in [-0.2, 0) is 20.0 Å². The Morgan fingerprint density at radius 2 is 1.43 bits per heavy atom. The van der Waals surface area contributed by atoms with Gasteiger partial charge in [0.25, 0.3) is 0 Å². The molecule has 160 valence electrons. The second-order valence-electron chi connectivity index (χ2n) is 6.00. The first kappa shape index (κ1) is 24.8. The number of alkyl halides is 1. The zero-order valence-electron chi connectivity index (χ0n) is 16.9. The fourth-order valence-electron chi connectivity index (χ4n) is 2.79. The molecule has 0 unspecified atom stereocenters. The monoisotopic (exact) mass is 452 g/mol. The van der Waals surface area contributed by atoms with Crippen molar-refractivity contribution >= 4 is 43.2 Å². The van der Waals surface area contributed by atoms with E-state index in [1.165, 1.54) is 14.7 Å². The number of benzene rings is 1. The summed E-state index contributed by atoms with van der Waals surface area (Å²) < 4.78 is 54.8. The van der Waals surface area contributed by atoms with Crippen molar-refractivity contribution in [2.75, 3.05) is 32.1 Å². The molecule has 0 aliphatic carbocycles. The molecule has 0 aromatic heterocycles. The highest BCUT2D eigenvalue weighted by molar-refractivity contribution is 7.90. The predicted molar refractivity (Wildman–Crippen MR) is 113 cm³/mol. The molecule has 0 aliphatic heterocycles. The molecule has 0 saturated heterocycles. The van der Waals surface area contributed by atoms with Crippen molar-refractivity contribution in [3.05, 3.63) is 17.7 Å². The maximum Gasteiger partial charge on any atom is 0.245 e. The van der Waals surface area contributed by atoms with E-state index in [1.54, 1.807) is 34.6 Å². The summed E-state index contributed by atoms with van der Waals surface area (Å²) in [4.78, 5) is 3.86. The summed E-state index contributed by atoms with van der Waals surface area (Å²) in [5, 5.41) is 0. The number of nitrogens with two attached hydrogens (primary N) is 1. The third-order valence-corrected chi connectivity index (χ3v) is 8.66. The lowest BCUT2D eigenvalue weighted by Gasteiger charge is -2.23. The van der Waals surface area contributed by atoms with E-state index in [0.29, 0.717) is 5.56 Å². The molecule has 0 fully saturated rings. The lowest BCUT2D eigenvalue weighted by Crippen LogP contribution is -2.32. The van der Waals surface area contributed by atoms with Crippen molar-refractivity contribution in [2.45, 2.75) is 44.4 Å². The van der Waals surface area contributed by atoms with Crippen LogP contribution >= 0.6 is 11.6 Å². The van der Waals surface area contributed by atoms with Crippen LogP contribution in [-0.4, -0.2) is 63.3 Å². The van der Waals surface area contributed by atoms with Crippen LogP contribution in [0.5, 0.6) is 0 Å². The highest BCUT2D eigenvalue weighted by Crippen LogP contribution is 2.34. The lowest BCUT2D eigenvalue weighted by atomic mass is 10.2. The molecule has 2 N–H and O–H groups in total. The minimum Gasteiger partial charge on any atom is -0.386 e. The van der Waals surface area contributed by atoms with Gasteiger partial charge in [0.05, 0.1) is 16.5 Å². The number of aryl methyl sites for hydroxylation is 1. The van der Waals surface area contributed by atoms with Crippen LogP contribution < -0.4 is 5.73 Å². The molecule has 0 saturated carbocycles. The highest BCUT2D eigenvalue weighted by Gasteiger charge is 2.30. The van der Waals surface area contributed by atoms with Gasteiger partial charge in [-0.05, 0) is 24.6 Å². The van der Waals surface area contributed by atoms with Crippen LogP contribution in [0.3, 0.4) is 0 Å². The zero-order valence-corrected chi connectivity index (χ0v) is 19.3. The second kappa shape index (κ2) is 10.0. The Morgan fingerprint density at radius 1 is 0.964 bits per heavy atom. The van der Waals surface area contributed by atoms with Gasteiger partial charge in [0.2, 0.25) is 20.0 Å². The van der Waals surface area contributed by atoms with Gasteiger partial charge in [0.15, 0.2) is 0 Å². The topological polar surface area (TPSA) is 113 Å². The number of nitrogens with zero attached hydrogens (tertiary/aromatic N) is 3. The molecule has 0 atom stereocenters. The van der Waals surface area contributed by atoms with Crippen molar-refractivity contribution in [1.82, 2.24) is 8.61 Å². The molecule has 0 amide bonds. The Hall–Kier alpha value is -1.20. The summed E-state index contributed by atoms with van der Waals surface area (Å²) in [7, 11) is -7.84. The first-order valence-electron chi connectivity index (χ1n) is 9.04. The summed E-state index contributed by atoms with van der Waals surface area (Å²) in [5.41, 5.74) is 6.21. The molecule has 8 nitrogen and oxygen atoms in total.